The number of halogens is 1. The molecule has 2 atom stereocenters. The summed E-state index contributed by atoms with van der Waals surface area (Å²) in [5.74, 6) is -0.161. The Labute approximate surface area is 149 Å². The van der Waals surface area contributed by atoms with E-state index in [2.05, 4.69) is 18.7 Å². The Morgan fingerprint density at radius 3 is 2.72 bits per heavy atom. The van der Waals surface area contributed by atoms with Crippen molar-refractivity contribution in [3.05, 3.63) is 35.6 Å². The second-order valence-electron chi connectivity index (χ2n) is 7.27. The SMILES string of the molecule is CCN(CC)[C@H]1CCO[C@@]2(CCN(C(=O)Cc3ccc(F)cc3)C2)C1. The number of likely N-dealkylation sites (tertiary alicyclic amines) is 1. The molecule has 0 bridgehead atoms. The van der Waals surface area contributed by atoms with E-state index >= 15 is 0 Å². The predicted molar refractivity (Wildman–Crippen MR) is 95.9 cm³/mol. The summed E-state index contributed by atoms with van der Waals surface area (Å²) in [7, 11) is 0. The molecule has 1 amide bonds. The number of nitrogens with zero attached hydrogens (tertiary/aromatic N) is 2. The van der Waals surface area contributed by atoms with E-state index in [-0.39, 0.29) is 17.3 Å². The Bertz CT molecular complexity index is 588. The van der Waals surface area contributed by atoms with Gasteiger partial charge in [0.05, 0.1) is 12.0 Å². The third-order valence-electron chi connectivity index (χ3n) is 5.73. The van der Waals surface area contributed by atoms with Gasteiger partial charge in [-0.15, -0.1) is 0 Å². The number of carbonyl (C=O) groups excluding carboxylic acids is 1. The van der Waals surface area contributed by atoms with Crippen LogP contribution in [0.3, 0.4) is 0 Å². The van der Waals surface area contributed by atoms with Crippen LogP contribution in [0.4, 0.5) is 4.39 Å². The van der Waals surface area contributed by atoms with Gasteiger partial charge in [0.1, 0.15) is 5.82 Å². The highest BCUT2D eigenvalue weighted by molar-refractivity contribution is 5.79. The van der Waals surface area contributed by atoms with Gasteiger partial charge in [0.15, 0.2) is 0 Å². The summed E-state index contributed by atoms with van der Waals surface area (Å²) in [5.41, 5.74) is 0.683. The van der Waals surface area contributed by atoms with Gasteiger partial charge in [-0.25, -0.2) is 4.39 Å². The van der Waals surface area contributed by atoms with Crippen LogP contribution in [0, 0.1) is 5.82 Å². The fourth-order valence-electron chi connectivity index (χ4n) is 4.28. The summed E-state index contributed by atoms with van der Waals surface area (Å²) in [6.07, 6.45) is 3.33. The molecule has 2 aliphatic rings. The first-order valence-electron chi connectivity index (χ1n) is 9.45. The quantitative estimate of drug-likeness (QED) is 0.820. The molecule has 0 unspecified atom stereocenters. The summed E-state index contributed by atoms with van der Waals surface area (Å²) >= 11 is 0. The minimum atomic E-state index is -0.269. The highest BCUT2D eigenvalue weighted by atomic mass is 19.1. The molecule has 25 heavy (non-hydrogen) atoms. The van der Waals surface area contributed by atoms with E-state index in [0.29, 0.717) is 19.0 Å². The molecule has 5 heteroatoms. The molecular weight excluding hydrogens is 319 g/mol. The van der Waals surface area contributed by atoms with E-state index in [0.717, 1.165) is 51.1 Å². The Hall–Kier alpha value is -1.46. The molecule has 2 aliphatic heterocycles. The Balaban J connectivity index is 1.60. The van der Waals surface area contributed by atoms with Crippen LogP contribution < -0.4 is 0 Å². The van der Waals surface area contributed by atoms with E-state index in [1.54, 1.807) is 12.1 Å². The molecule has 1 aromatic carbocycles. The fraction of sp³-hybridized carbons (Fsp3) is 0.650. The molecule has 138 valence electrons. The third kappa shape index (κ3) is 4.21. The van der Waals surface area contributed by atoms with E-state index < -0.39 is 0 Å². The molecule has 4 nitrogen and oxygen atoms in total. The topological polar surface area (TPSA) is 32.8 Å². The molecule has 0 saturated carbocycles. The summed E-state index contributed by atoms with van der Waals surface area (Å²) in [4.78, 5) is 17.1. The van der Waals surface area contributed by atoms with Crippen LogP contribution in [0.2, 0.25) is 0 Å². The molecule has 0 N–H and O–H groups in total. The summed E-state index contributed by atoms with van der Waals surface area (Å²) < 4.78 is 19.2. The van der Waals surface area contributed by atoms with Gasteiger partial charge in [0.25, 0.3) is 0 Å². The smallest absolute Gasteiger partial charge is 0.227 e. The average Bonchev–Trinajstić information content (AvgIpc) is 3.01. The molecular formula is C20H29FN2O2. The van der Waals surface area contributed by atoms with Crippen molar-refractivity contribution >= 4 is 5.91 Å². The number of hydrogen-bond acceptors (Lipinski definition) is 3. The van der Waals surface area contributed by atoms with Crippen LogP contribution in [-0.4, -0.2) is 60.1 Å². The molecule has 0 radical (unpaired) electrons. The zero-order valence-corrected chi connectivity index (χ0v) is 15.3. The lowest BCUT2D eigenvalue weighted by molar-refractivity contribution is -0.133. The van der Waals surface area contributed by atoms with Crippen LogP contribution in [0.25, 0.3) is 0 Å². The molecule has 2 saturated heterocycles. The molecule has 0 aliphatic carbocycles. The van der Waals surface area contributed by atoms with Crippen molar-refractivity contribution in [3.63, 3.8) is 0 Å². The summed E-state index contributed by atoms with van der Waals surface area (Å²) in [6.45, 7) is 8.75. The first-order chi connectivity index (χ1) is 12.0. The average molecular weight is 348 g/mol. The number of amides is 1. The van der Waals surface area contributed by atoms with Crippen LogP contribution >= 0.6 is 0 Å². The van der Waals surface area contributed by atoms with Crippen molar-refractivity contribution < 1.29 is 13.9 Å². The summed E-state index contributed by atoms with van der Waals surface area (Å²) in [5, 5.41) is 0. The van der Waals surface area contributed by atoms with E-state index in [1.807, 2.05) is 4.90 Å². The number of hydrogen-bond donors (Lipinski definition) is 0. The Morgan fingerprint density at radius 1 is 1.32 bits per heavy atom. The lowest BCUT2D eigenvalue weighted by atomic mass is 9.88. The van der Waals surface area contributed by atoms with Gasteiger partial charge in [-0.3, -0.25) is 4.79 Å². The van der Waals surface area contributed by atoms with Crippen LogP contribution in [-0.2, 0) is 16.0 Å². The number of benzene rings is 1. The molecule has 0 aromatic heterocycles. The highest BCUT2D eigenvalue weighted by Crippen LogP contribution is 2.36. The van der Waals surface area contributed by atoms with Crippen molar-refractivity contribution in [2.45, 2.75) is 51.2 Å². The largest absolute Gasteiger partial charge is 0.373 e. The van der Waals surface area contributed by atoms with Gasteiger partial charge < -0.3 is 14.5 Å². The monoisotopic (exact) mass is 348 g/mol. The maximum atomic E-state index is 13.0. The zero-order valence-electron chi connectivity index (χ0n) is 15.3. The van der Waals surface area contributed by atoms with Crippen molar-refractivity contribution in [1.82, 2.24) is 9.80 Å². The normalized spacial score (nSPS) is 26.6. The second kappa shape index (κ2) is 7.83. The molecule has 3 rings (SSSR count). The first-order valence-corrected chi connectivity index (χ1v) is 9.45. The van der Waals surface area contributed by atoms with Gasteiger partial charge in [0.2, 0.25) is 5.91 Å². The van der Waals surface area contributed by atoms with Crippen LogP contribution in [0.1, 0.15) is 38.7 Å². The van der Waals surface area contributed by atoms with Gasteiger partial charge in [-0.1, -0.05) is 26.0 Å². The van der Waals surface area contributed by atoms with Crippen molar-refractivity contribution in [3.8, 4) is 0 Å². The predicted octanol–water partition coefficient (Wildman–Crippen LogP) is 2.86. The van der Waals surface area contributed by atoms with E-state index in [9.17, 15) is 9.18 Å². The third-order valence-corrected chi connectivity index (χ3v) is 5.73. The summed E-state index contributed by atoms with van der Waals surface area (Å²) in [6, 6.07) is 6.75. The van der Waals surface area contributed by atoms with E-state index in [4.69, 9.17) is 4.74 Å². The number of ether oxygens (including phenoxy) is 1. The number of carbonyl (C=O) groups is 1. The lowest BCUT2D eigenvalue weighted by Gasteiger charge is -2.42. The van der Waals surface area contributed by atoms with Gasteiger partial charge >= 0.3 is 0 Å². The lowest BCUT2D eigenvalue weighted by Crippen LogP contribution is -2.50. The fourth-order valence-corrected chi connectivity index (χ4v) is 4.28. The van der Waals surface area contributed by atoms with Crippen molar-refractivity contribution in [2.24, 2.45) is 0 Å². The van der Waals surface area contributed by atoms with E-state index in [1.165, 1.54) is 12.1 Å². The number of rotatable bonds is 5. The zero-order chi connectivity index (χ0) is 17.9. The minimum absolute atomic E-state index is 0.108. The maximum Gasteiger partial charge on any atom is 0.227 e. The highest BCUT2D eigenvalue weighted by Gasteiger charge is 2.45. The van der Waals surface area contributed by atoms with Gasteiger partial charge in [0, 0.05) is 25.7 Å². The second-order valence-corrected chi connectivity index (χ2v) is 7.27. The molecule has 2 fully saturated rings. The van der Waals surface area contributed by atoms with Gasteiger partial charge in [-0.2, -0.15) is 0 Å². The molecule has 1 aromatic rings. The maximum absolute atomic E-state index is 13.0. The first kappa shape index (κ1) is 18.3. The van der Waals surface area contributed by atoms with Crippen molar-refractivity contribution in [1.29, 1.82) is 0 Å². The van der Waals surface area contributed by atoms with Crippen molar-refractivity contribution in [2.75, 3.05) is 32.8 Å². The van der Waals surface area contributed by atoms with Crippen LogP contribution in [0.5, 0.6) is 0 Å². The molecule has 1 spiro atoms. The Morgan fingerprint density at radius 2 is 2.04 bits per heavy atom. The van der Waals surface area contributed by atoms with Gasteiger partial charge in [-0.05, 0) is 50.0 Å². The Kier molecular flexibility index (Phi) is 5.74. The van der Waals surface area contributed by atoms with Crippen LogP contribution in [0.15, 0.2) is 24.3 Å². The standard InChI is InChI=1S/C20H29FN2O2/c1-3-22(4-2)18-9-12-25-20(14-18)10-11-23(15-20)19(24)13-16-5-7-17(21)8-6-16/h5-8,18H,3-4,9-15H2,1-2H3/t18-,20-/m0/s1. The molecule has 2 heterocycles. The minimum Gasteiger partial charge on any atom is -0.373 e.